The Morgan fingerprint density at radius 1 is 1.32 bits per heavy atom. The van der Waals surface area contributed by atoms with Gasteiger partial charge in [-0.05, 0) is 26.3 Å². The molecule has 0 aromatic carbocycles. The van der Waals surface area contributed by atoms with Gasteiger partial charge in [0.15, 0.2) is 5.96 Å². The molecule has 2 rings (SSSR count). The SMILES string of the molecule is CCNC(=NCc1ncc(C(C)(C)C)o1)NCCN(CC)C1CC1.I. The highest BCUT2D eigenvalue weighted by Gasteiger charge is 2.27. The molecule has 0 unspecified atom stereocenters. The topological polar surface area (TPSA) is 65.7 Å². The van der Waals surface area contributed by atoms with Crippen molar-refractivity contribution in [3.05, 3.63) is 17.8 Å². The van der Waals surface area contributed by atoms with Gasteiger partial charge in [-0.1, -0.05) is 27.7 Å². The molecule has 1 fully saturated rings. The van der Waals surface area contributed by atoms with Crippen molar-refractivity contribution in [3.63, 3.8) is 0 Å². The lowest BCUT2D eigenvalue weighted by atomic mass is 9.94. The minimum absolute atomic E-state index is 0. The molecule has 1 saturated carbocycles. The van der Waals surface area contributed by atoms with Crippen LogP contribution in [0.2, 0.25) is 0 Å². The molecule has 0 saturated heterocycles. The Morgan fingerprint density at radius 2 is 2.04 bits per heavy atom. The molecule has 7 heteroatoms. The highest BCUT2D eigenvalue weighted by Crippen LogP contribution is 2.25. The Bertz CT molecular complexity index is 534. The largest absolute Gasteiger partial charge is 0.443 e. The lowest BCUT2D eigenvalue weighted by Crippen LogP contribution is -2.42. The number of halogens is 1. The monoisotopic (exact) mass is 463 g/mol. The first-order valence-electron chi connectivity index (χ1n) is 9.15. The molecule has 25 heavy (non-hydrogen) atoms. The van der Waals surface area contributed by atoms with E-state index in [-0.39, 0.29) is 29.4 Å². The Labute approximate surface area is 169 Å². The number of nitrogens with one attached hydrogen (secondary N) is 2. The number of oxazole rings is 1. The predicted octanol–water partition coefficient (Wildman–Crippen LogP) is 3.13. The van der Waals surface area contributed by atoms with E-state index in [9.17, 15) is 0 Å². The molecule has 0 amide bonds. The third-order valence-electron chi connectivity index (χ3n) is 4.17. The van der Waals surface area contributed by atoms with Crippen LogP contribution < -0.4 is 10.6 Å². The number of nitrogens with zero attached hydrogens (tertiary/aromatic N) is 3. The summed E-state index contributed by atoms with van der Waals surface area (Å²) in [6.07, 6.45) is 4.50. The fourth-order valence-corrected chi connectivity index (χ4v) is 2.58. The van der Waals surface area contributed by atoms with Gasteiger partial charge in [-0.15, -0.1) is 24.0 Å². The maximum Gasteiger partial charge on any atom is 0.216 e. The van der Waals surface area contributed by atoms with E-state index in [4.69, 9.17) is 4.42 Å². The molecular formula is C18H34IN5O. The minimum Gasteiger partial charge on any atom is -0.443 e. The summed E-state index contributed by atoms with van der Waals surface area (Å²) in [6, 6.07) is 0.805. The number of likely N-dealkylation sites (N-methyl/N-ethyl adjacent to an activating group) is 1. The molecule has 1 aliphatic rings. The number of aliphatic imine (C=N–C) groups is 1. The van der Waals surface area contributed by atoms with Crippen LogP contribution >= 0.6 is 24.0 Å². The molecular weight excluding hydrogens is 429 g/mol. The maximum atomic E-state index is 5.79. The second-order valence-electron chi connectivity index (χ2n) is 7.35. The molecule has 0 aliphatic heterocycles. The first-order chi connectivity index (χ1) is 11.4. The van der Waals surface area contributed by atoms with E-state index in [2.05, 4.69) is 60.1 Å². The standard InChI is InChI=1S/C18H33N5O.HI/c1-6-19-17(20-10-11-23(7-2)14-8-9-14)22-13-16-21-12-15(24-16)18(3,4)5;/h12,14H,6-11,13H2,1-5H3,(H2,19,20,22);1H. The quantitative estimate of drug-likeness (QED) is 0.353. The molecule has 0 atom stereocenters. The molecule has 6 nitrogen and oxygen atoms in total. The third-order valence-corrected chi connectivity index (χ3v) is 4.17. The van der Waals surface area contributed by atoms with Crippen LogP contribution in [0.1, 0.15) is 59.1 Å². The van der Waals surface area contributed by atoms with Crippen LogP contribution in [-0.4, -0.2) is 48.1 Å². The Balaban J connectivity index is 0.00000312. The minimum atomic E-state index is -0.0237. The summed E-state index contributed by atoms with van der Waals surface area (Å²) in [5.41, 5.74) is -0.0237. The van der Waals surface area contributed by atoms with Crippen molar-refractivity contribution in [2.24, 2.45) is 4.99 Å². The summed E-state index contributed by atoms with van der Waals surface area (Å²) in [5, 5.41) is 6.68. The molecule has 1 heterocycles. The van der Waals surface area contributed by atoms with E-state index in [1.807, 2.05) is 0 Å². The average molecular weight is 463 g/mol. The summed E-state index contributed by atoms with van der Waals surface area (Å²) in [7, 11) is 0. The van der Waals surface area contributed by atoms with Crippen molar-refractivity contribution in [3.8, 4) is 0 Å². The van der Waals surface area contributed by atoms with E-state index in [1.54, 1.807) is 6.20 Å². The number of hydrogen-bond acceptors (Lipinski definition) is 4. The van der Waals surface area contributed by atoms with E-state index in [0.717, 1.165) is 43.9 Å². The van der Waals surface area contributed by atoms with Gasteiger partial charge in [0, 0.05) is 31.1 Å². The van der Waals surface area contributed by atoms with Crippen molar-refractivity contribution in [2.75, 3.05) is 26.2 Å². The predicted molar refractivity (Wildman–Crippen MR) is 114 cm³/mol. The summed E-state index contributed by atoms with van der Waals surface area (Å²) in [4.78, 5) is 11.4. The fourth-order valence-electron chi connectivity index (χ4n) is 2.58. The van der Waals surface area contributed by atoms with Crippen LogP contribution in [0.25, 0.3) is 0 Å². The molecule has 0 spiro atoms. The van der Waals surface area contributed by atoms with Gasteiger partial charge in [0.25, 0.3) is 0 Å². The lowest BCUT2D eigenvalue weighted by Gasteiger charge is -2.20. The van der Waals surface area contributed by atoms with E-state index in [0.29, 0.717) is 12.4 Å². The smallest absolute Gasteiger partial charge is 0.216 e. The molecule has 0 bridgehead atoms. The van der Waals surface area contributed by atoms with Gasteiger partial charge in [-0.25, -0.2) is 9.98 Å². The zero-order chi connectivity index (χ0) is 17.6. The third kappa shape index (κ3) is 7.52. The summed E-state index contributed by atoms with van der Waals surface area (Å²) in [5.74, 6) is 2.37. The maximum absolute atomic E-state index is 5.79. The molecule has 144 valence electrons. The number of hydrogen-bond donors (Lipinski definition) is 2. The molecule has 1 aromatic rings. The van der Waals surface area contributed by atoms with Crippen molar-refractivity contribution in [1.82, 2.24) is 20.5 Å². The van der Waals surface area contributed by atoms with Crippen molar-refractivity contribution in [2.45, 2.75) is 65.5 Å². The van der Waals surface area contributed by atoms with E-state index in [1.165, 1.54) is 12.8 Å². The van der Waals surface area contributed by atoms with Gasteiger partial charge in [-0.2, -0.15) is 0 Å². The number of guanidine groups is 1. The number of rotatable bonds is 8. The van der Waals surface area contributed by atoms with Crippen LogP contribution in [0.5, 0.6) is 0 Å². The van der Waals surface area contributed by atoms with Gasteiger partial charge < -0.3 is 15.1 Å². The van der Waals surface area contributed by atoms with Crippen LogP contribution in [0.4, 0.5) is 0 Å². The normalized spacial score (nSPS) is 15.2. The zero-order valence-electron chi connectivity index (χ0n) is 16.3. The van der Waals surface area contributed by atoms with Gasteiger partial charge >= 0.3 is 0 Å². The molecule has 0 radical (unpaired) electrons. The average Bonchev–Trinajstić information content (AvgIpc) is 3.24. The molecule has 1 aromatic heterocycles. The van der Waals surface area contributed by atoms with Crippen LogP contribution in [-0.2, 0) is 12.0 Å². The summed E-state index contributed by atoms with van der Waals surface area (Å²) in [6.45, 7) is 15.0. The van der Waals surface area contributed by atoms with E-state index < -0.39 is 0 Å². The Morgan fingerprint density at radius 3 is 2.56 bits per heavy atom. The van der Waals surface area contributed by atoms with Crippen LogP contribution in [0.15, 0.2) is 15.6 Å². The van der Waals surface area contributed by atoms with Gasteiger partial charge in [-0.3, -0.25) is 4.90 Å². The van der Waals surface area contributed by atoms with Crippen LogP contribution in [0.3, 0.4) is 0 Å². The highest BCUT2D eigenvalue weighted by atomic mass is 127. The van der Waals surface area contributed by atoms with Crippen molar-refractivity contribution in [1.29, 1.82) is 0 Å². The zero-order valence-corrected chi connectivity index (χ0v) is 18.6. The van der Waals surface area contributed by atoms with Crippen molar-refractivity contribution < 1.29 is 4.42 Å². The summed E-state index contributed by atoms with van der Waals surface area (Å²) >= 11 is 0. The molecule has 2 N–H and O–H groups in total. The number of aromatic nitrogens is 1. The molecule has 1 aliphatic carbocycles. The lowest BCUT2D eigenvalue weighted by molar-refractivity contribution is 0.282. The highest BCUT2D eigenvalue weighted by molar-refractivity contribution is 14.0. The first-order valence-corrected chi connectivity index (χ1v) is 9.15. The Hall–Kier alpha value is -0.830. The second-order valence-corrected chi connectivity index (χ2v) is 7.35. The second kappa shape index (κ2) is 10.4. The van der Waals surface area contributed by atoms with Gasteiger partial charge in [0.05, 0.1) is 6.20 Å². The fraction of sp³-hybridized carbons (Fsp3) is 0.778. The van der Waals surface area contributed by atoms with Crippen LogP contribution in [0, 0.1) is 0 Å². The Kier molecular flexibility index (Phi) is 9.20. The van der Waals surface area contributed by atoms with Gasteiger partial charge in [0.1, 0.15) is 12.3 Å². The summed E-state index contributed by atoms with van der Waals surface area (Å²) < 4.78 is 5.79. The van der Waals surface area contributed by atoms with Crippen molar-refractivity contribution >= 4 is 29.9 Å². The van der Waals surface area contributed by atoms with Gasteiger partial charge in [0.2, 0.25) is 5.89 Å². The van der Waals surface area contributed by atoms with E-state index >= 15 is 0 Å². The first kappa shape index (κ1) is 22.2.